The molecule has 0 spiro atoms. The quantitative estimate of drug-likeness (QED) is 0.811. The molecule has 0 aliphatic rings. The van der Waals surface area contributed by atoms with E-state index in [2.05, 4.69) is 15.0 Å². The van der Waals surface area contributed by atoms with Gasteiger partial charge < -0.3 is 5.32 Å². The van der Waals surface area contributed by atoms with Crippen molar-refractivity contribution in [2.24, 2.45) is 0 Å². The van der Waals surface area contributed by atoms with E-state index in [0.717, 1.165) is 10.6 Å². The zero-order chi connectivity index (χ0) is 13.7. The molecular weight excluding hydrogens is 302 g/mol. The van der Waals surface area contributed by atoms with Crippen molar-refractivity contribution in [2.75, 3.05) is 13.6 Å². The number of hydrogen-bond acceptors (Lipinski definition) is 6. The van der Waals surface area contributed by atoms with Gasteiger partial charge in [-0.15, -0.1) is 22.7 Å². The Bertz CT molecular complexity index is 605. The Hall–Kier alpha value is -0.800. The lowest BCUT2D eigenvalue weighted by molar-refractivity contribution is 0.580. The highest BCUT2D eigenvalue weighted by Gasteiger charge is 2.18. The number of thiophene rings is 1. The van der Waals surface area contributed by atoms with Gasteiger partial charge in [0.1, 0.15) is 0 Å². The van der Waals surface area contributed by atoms with Crippen molar-refractivity contribution in [3.8, 4) is 0 Å². The highest BCUT2D eigenvalue weighted by Crippen LogP contribution is 2.21. The van der Waals surface area contributed by atoms with E-state index in [0.29, 0.717) is 24.4 Å². The van der Waals surface area contributed by atoms with Crippen LogP contribution in [0, 0.1) is 0 Å². The van der Waals surface area contributed by atoms with E-state index < -0.39 is 10.0 Å². The fraction of sp³-hybridized carbons (Fsp3) is 0.364. The summed E-state index contributed by atoms with van der Waals surface area (Å²) in [5.41, 5.74) is 2.65. The second-order valence-electron chi connectivity index (χ2n) is 3.87. The van der Waals surface area contributed by atoms with Gasteiger partial charge in [-0.25, -0.2) is 18.1 Å². The molecule has 2 rings (SSSR count). The van der Waals surface area contributed by atoms with Crippen LogP contribution in [0.2, 0.25) is 0 Å². The smallest absolute Gasteiger partial charge is 0.241 e. The maximum Gasteiger partial charge on any atom is 0.241 e. The number of sulfonamides is 1. The van der Waals surface area contributed by atoms with Crippen LogP contribution in [-0.2, 0) is 23.0 Å². The predicted octanol–water partition coefficient (Wildman–Crippen LogP) is 1.45. The van der Waals surface area contributed by atoms with Gasteiger partial charge in [0.2, 0.25) is 10.0 Å². The number of thiazole rings is 1. The van der Waals surface area contributed by atoms with Gasteiger partial charge in [0.15, 0.2) is 0 Å². The molecule has 0 fully saturated rings. The lowest BCUT2D eigenvalue weighted by Crippen LogP contribution is -2.26. The minimum absolute atomic E-state index is 0.362. The Kier molecular flexibility index (Phi) is 5.06. The first-order valence-electron chi connectivity index (χ1n) is 5.71. The summed E-state index contributed by atoms with van der Waals surface area (Å²) in [6, 6.07) is 1.64. The summed E-state index contributed by atoms with van der Waals surface area (Å²) in [6.07, 6.45) is 0.605. The first-order valence-corrected chi connectivity index (χ1v) is 9.02. The van der Waals surface area contributed by atoms with Crippen molar-refractivity contribution in [3.05, 3.63) is 32.9 Å². The number of aromatic nitrogens is 1. The second-order valence-corrected chi connectivity index (χ2v) is 7.32. The molecule has 2 aromatic rings. The molecule has 2 aromatic heterocycles. The third-order valence-electron chi connectivity index (χ3n) is 2.49. The summed E-state index contributed by atoms with van der Waals surface area (Å²) in [5, 5.41) is 6.69. The average molecular weight is 317 g/mol. The molecule has 0 aliphatic carbocycles. The fourth-order valence-corrected chi connectivity index (χ4v) is 4.69. The van der Waals surface area contributed by atoms with Gasteiger partial charge in [-0.05, 0) is 18.5 Å². The van der Waals surface area contributed by atoms with E-state index in [1.807, 2.05) is 5.38 Å². The first kappa shape index (κ1) is 14.6. The maximum absolute atomic E-state index is 12.2. The Balaban J connectivity index is 1.99. The zero-order valence-corrected chi connectivity index (χ0v) is 12.9. The van der Waals surface area contributed by atoms with Crippen molar-refractivity contribution in [1.29, 1.82) is 0 Å². The molecule has 2 N–H and O–H groups in total. The summed E-state index contributed by atoms with van der Waals surface area (Å²) < 4.78 is 26.9. The molecule has 0 bridgehead atoms. The van der Waals surface area contributed by atoms with Crippen LogP contribution in [0.1, 0.15) is 10.6 Å². The van der Waals surface area contributed by atoms with Crippen LogP contribution in [-0.4, -0.2) is 27.0 Å². The van der Waals surface area contributed by atoms with Gasteiger partial charge in [-0.1, -0.05) is 0 Å². The molecule has 0 saturated carbocycles. The van der Waals surface area contributed by atoms with E-state index in [1.165, 1.54) is 22.7 Å². The lowest BCUT2D eigenvalue weighted by atomic mass is 10.3. The summed E-state index contributed by atoms with van der Waals surface area (Å²) in [7, 11) is -1.63. The minimum Gasteiger partial charge on any atom is -0.315 e. The zero-order valence-electron chi connectivity index (χ0n) is 10.4. The summed E-state index contributed by atoms with van der Waals surface area (Å²) in [6.45, 7) is 0.918. The summed E-state index contributed by atoms with van der Waals surface area (Å²) in [4.78, 5) is 5.31. The van der Waals surface area contributed by atoms with Crippen LogP contribution in [0.4, 0.5) is 0 Å². The van der Waals surface area contributed by atoms with Crippen LogP contribution in [0.15, 0.2) is 27.2 Å². The Morgan fingerprint density at radius 3 is 2.95 bits per heavy atom. The molecule has 0 unspecified atom stereocenters. The topological polar surface area (TPSA) is 71.1 Å². The Morgan fingerprint density at radius 1 is 1.42 bits per heavy atom. The predicted molar refractivity (Wildman–Crippen MR) is 78.1 cm³/mol. The monoisotopic (exact) mass is 317 g/mol. The van der Waals surface area contributed by atoms with E-state index in [9.17, 15) is 8.42 Å². The minimum atomic E-state index is -3.43. The molecule has 0 saturated heterocycles. The molecule has 0 aliphatic heterocycles. The standard InChI is InChI=1S/C11H15N3O2S3/c1-12-6-10-11(3-5-18-10)19(15,16)14-4-2-9-7-17-8-13-9/h3,5,7-8,12,14H,2,4,6H2,1H3. The number of rotatable bonds is 7. The van der Waals surface area contributed by atoms with Gasteiger partial charge >= 0.3 is 0 Å². The van der Waals surface area contributed by atoms with E-state index in [-0.39, 0.29) is 0 Å². The molecule has 0 amide bonds. The highest BCUT2D eigenvalue weighted by molar-refractivity contribution is 7.89. The average Bonchev–Trinajstić information content (AvgIpc) is 3.00. The van der Waals surface area contributed by atoms with Gasteiger partial charge in [-0.2, -0.15) is 0 Å². The third-order valence-corrected chi connectivity index (χ3v) is 5.72. The number of hydrogen-bond donors (Lipinski definition) is 2. The maximum atomic E-state index is 12.2. The lowest BCUT2D eigenvalue weighted by Gasteiger charge is -2.06. The van der Waals surface area contributed by atoms with Crippen molar-refractivity contribution in [1.82, 2.24) is 15.0 Å². The van der Waals surface area contributed by atoms with Crippen molar-refractivity contribution >= 4 is 32.7 Å². The van der Waals surface area contributed by atoms with Crippen molar-refractivity contribution in [3.63, 3.8) is 0 Å². The van der Waals surface area contributed by atoms with E-state index >= 15 is 0 Å². The van der Waals surface area contributed by atoms with Gasteiger partial charge in [0.25, 0.3) is 0 Å². The van der Waals surface area contributed by atoms with Crippen LogP contribution < -0.4 is 10.0 Å². The van der Waals surface area contributed by atoms with Gasteiger partial charge in [-0.3, -0.25) is 0 Å². The van der Waals surface area contributed by atoms with Crippen LogP contribution >= 0.6 is 22.7 Å². The van der Waals surface area contributed by atoms with Crippen LogP contribution in [0.3, 0.4) is 0 Å². The van der Waals surface area contributed by atoms with Gasteiger partial charge in [0, 0.05) is 29.8 Å². The van der Waals surface area contributed by atoms with Crippen LogP contribution in [0.5, 0.6) is 0 Å². The van der Waals surface area contributed by atoms with E-state index in [1.54, 1.807) is 24.0 Å². The molecule has 0 aromatic carbocycles. The molecule has 2 heterocycles. The summed E-state index contributed by atoms with van der Waals surface area (Å²) in [5.74, 6) is 0. The van der Waals surface area contributed by atoms with Crippen molar-refractivity contribution < 1.29 is 8.42 Å². The molecule has 0 atom stereocenters. The number of nitrogens with zero attached hydrogens (tertiary/aromatic N) is 1. The summed E-state index contributed by atoms with van der Waals surface area (Å²) >= 11 is 2.95. The normalized spacial score (nSPS) is 11.8. The highest BCUT2D eigenvalue weighted by atomic mass is 32.2. The molecular formula is C11H15N3O2S3. The first-order chi connectivity index (χ1) is 9.13. The molecule has 19 heavy (non-hydrogen) atoms. The third kappa shape index (κ3) is 3.83. The number of nitrogens with one attached hydrogen (secondary N) is 2. The Labute approximate surface area is 120 Å². The molecule has 104 valence electrons. The van der Waals surface area contributed by atoms with E-state index in [4.69, 9.17) is 0 Å². The van der Waals surface area contributed by atoms with Gasteiger partial charge in [0.05, 0.1) is 16.1 Å². The molecule has 5 nitrogen and oxygen atoms in total. The molecule has 0 radical (unpaired) electrons. The largest absolute Gasteiger partial charge is 0.315 e. The second kappa shape index (κ2) is 6.58. The van der Waals surface area contributed by atoms with Crippen LogP contribution in [0.25, 0.3) is 0 Å². The fourth-order valence-electron chi connectivity index (χ4n) is 1.61. The molecule has 8 heteroatoms. The SMILES string of the molecule is CNCc1sccc1S(=O)(=O)NCCc1cscn1. The van der Waals surface area contributed by atoms with Crippen molar-refractivity contribution in [2.45, 2.75) is 17.9 Å². The Morgan fingerprint density at radius 2 is 2.26 bits per heavy atom.